The van der Waals surface area contributed by atoms with Crippen molar-refractivity contribution in [1.82, 2.24) is 19.4 Å². The predicted molar refractivity (Wildman–Crippen MR) is 86.1 cm³/mol. The van der Waals surface area contributed by atoms with Gasteiger partial charge in [-0.2, -0.15) is 0 Å². The summed E-state index contributed by atoms with van der Waals surface area (Å²) in [5, 5.41) is 4.82. The molecule has 0 unspecified atom stereocenters. The van der Waals surface area contributed by atoms with Gasteiger partial charge in [-0.1, -0.05) is 32.0 Å². The molecule has 0 spiro atoms. The molecule has 0 atom stereocenters. The van der Waals surface area contributed by atoms with E-state index in [0.717, 1.165) is 19.6 Å². The summed E-state index contributed by atoms with van der Waals surface area (Å²) >= 11 is 0. The lowest BCUT2D eigenvalue weighted by atomic mass is 10.1. The van der Waals surface area contributed by atoms with E-state index in [4.69, 9.17) is 0 Å². The second-order valence-electron chi connectivity index (χ2n) is 5.70. The molecule has 0 saturated heterocycles. The van der Waals surface area contributed by atoms with Crippen LogP contribution in [0.4, 0.5) is 0 Å². The van der Waals surface area contributed by atoms with E-state index in [1.54, 1.807) is 0 Å². The van der Waals surface area contributed by atoms with E-state index >= 15 is 0 Å². The highest BCUT2D eigenvalue weighted by molar-refractivity contribution is 5.83. The highest BCUT2D eigenvalue weighted by Crippen LogP contribution is 2.20. The molecule has 3 rings (SSSR count). The van der Waals surface area contributed by atoms with Crippen LogP contribution in [0.25, 0.3) is 10.9 Å². The van der Waals surface area contributed by atoms with Crippen molar-refractivity contribution in [3.8, 4) is 0 Å². The second-order valence-corrected chi connectivity index (χ2v) is 5.70. The van der Waals surface area contributed by atoms with E-state index in [2.05, 4.69) is 63.7 Å². The first-order valence-corrected chi connectivity index (χ1v) is 7.50. The van der Waals surface area contributed by atoms with Crippen molar-refractivity contribution >= 4 is 10.9 Å². The fourth-order valence-electron chi connectivity index (χ4n) is 2.63. The minimum absolute atomic E-state index is 0.495. The van der Waals surface area contributed by atoms with Gasteiger partial charge in [-0.05, 0) is 17.0 Å². The molecule has 1 aromatic carbocycles. The summed E-state index contributed by atoms with van der Waals surface area (Å²) in [6, 6.07) is 9.23. The molecule has 3 aromatic rings. The van der Waals surface area contributed by atoms with Crippen molar-refractivity contribution < 1.29 is 0 Å². The zero-order valence-corrected chi connectivity index (χ0v) is 12.7. The minimum Gasteiger partial charge on any atom is -0.345 e. The van der Waals surface area contributed by atoms with Gasteiger partial charge >= 0.3 is 0 Å². The number of aryl methyl sites for hydroxylation is 2. The van der Waals surface area contributed by atoms with Gasteiger partial charge < -0.3 is 14.5 Å². The fraction of sp³-hybridized carbons (Fsp3) is 0.353. The normalized spacial score (nSPS) is 11.6. The number of nitrogens with zero attached hydrogens (tertiary/aromatic N) is 3. The smallest absolute Gasteiger partial charge is 0.0946 e. The van der Waals surface area contributed by atoms with E-state index in [9.17, 15) is 0 Å². The maximum atomic E-state index is 4.09. The quantitative estimate of drug-likeness (QED) is 0.754. The van der Waals surface area contributed by atoms with Gasteiger partial charge in [0.1, 0.15) is 0 Å². The van der Waals surface area contributed by atoms with Gasteiger partial charge in [0.2, 0.25) is 0 Å². The molecule has 110 valence electrons. The van der Waals surface area contributed by atoms with Crippen LogP contribution < -0.4 is 5.32 Å². The summed E-state index contributed by atoms with van der Waals surface area (Å²) in [5.41, 5.74) is 2.70. The zero-order chi connectivity index (χ0) is 14.7. The fourth-order valence-corrected chi connectivity index (χ4v) is 2.63. The molecule has 2 aromatic heterocycles. The molecule has 4 nitrogen and oxygen atoms in total. The lowest BCUT2D eigenvalue weighted by molar-refractivity contribution is 0.578. The Labute approximate surface area is 125 Å². The van der Waals surface area contributed by atoms with E-state index < -0.39 is 0 Å². The number of aromatic nitrogens is 3. The van der Waals surface area contributed by atoms with E-state index in [0.29, 0.717) is 6.04 Å². The van der Waals surface area contributed by atoms with Crippen molar-refractivity contribution in [2.45, 2.75) is 39.5 Å². The molecule has 2 heterocycles. The van der Waals surface area contributed by atoms with Crippen LogP contribution in [0.5, 0.6) is 0 Å². The largest absolute Gasteiger partial charge is 0.345 e. The number of benzene rings is 1. The van der Waals surface area contributed by atoms with Crippen LogP contribution in [0, 0.1) is 0 Å². The monoisotopic (exact) mass is 282 g/mol. The van der Waals surface area contributed by atoms with Crippen LogP contribution >= 0.6 is 0 Å². The third-order valence-electron chi connectivity index (χ3n) is 3.73. The van der Waals surface area contributed by atoms with Gasteiger partial charge in [0, 0.05) is 44.3 Å². The second kappa shape index (κ2) is 6.14. The number of hydrogen-bond acceptors (Lipinski definition) is 2. The summed E-state index contributed by atoms with van der Waals surface area (Å²) in [7, 11) is 0. The van der Waals surface area contributed by atoms with Crippen LogP contribution in [-0.2, 0) is 19.6 Å². The first kappa shape index (κ1) is 13.9. The van der Waals surface area contributed by atoms with Crippen LogP contribution in [0.2, 0.25) is 0 Å². The molecule has 0 radical (unpaired) electrons. The first-order valence-electron chi connectivity index (χ1n) is 7.50. The maximum Gasteiger partial charge on any atom is 0.0946 e. The molecule has 0 aliphatic heterocycles. The molecule has 0 aliphatic carbocycles. The van der Waals surface area contributed by atoms with Gasteiger partial charge in [-0.3, -0.25) is 0 Å². The Morgan fingerprint density at radius 1 is 1.14 bits per heavy atom. The van der Waals surface area contributed by atoms with E-state index in [-0.39, 0.29) is 0 Å². The van der Waals surface area contributed by atoms with Gasteiger partial charge in [0.15, 0.2) is 0 Å². The Morgan fingerprint density at radius 3 is 2.81 bits per heavy atom. The number of fused-ring (bicyclic) bond motifs is 1. The average molecular weight is 282 g/mol. The minimum atomic E-state index is 0.495. The van der Waals surface area contributed by atoms with E-state index in [1.165, 1.54) is 16.5 Å². The Hall–Kier alpha value is -2.07. The summed E-state index contributed by atoms with van der Waals surface area (Å²) in [4.78, 5) is 4.09. The van der Waals surface area contributed by atoms with Crippen molar-refractivity contribution in [2.24, 2.45) is 0 Å². The van der Waals surface area contributed by atoms with Crippen LogP contribution in [0.3, 0.4) is 0 Å². The number of imidazole rings is 1. The molecule has 0 amide bonds. The van der Waals surface area contributed by atoms with Gasteiger partial charge in [0.05, 0.1) is 11.8 Å². The topological polar surface area (TPSA) is 34.8 Å². The predicted octanol–water partition coefficient (Wildman–Crippen LogP) is 3.04. The highest BCUT2D eigenvalue weighted by Gasteiger charge is 2.07. The Kier molecular flexibility index (Phi) is 4.06. The lowest BCUT2D eigenvalue weighted by Crippen LogP contribution is -2.22. The molecule has 0 fully saturated rings. The van der Waals surface area contributed by atoms with E-state index in [1.807, 2.05) is 18.7 Å². The Bertz CT molecular complexity index is 695. The lowest BCUT2D eigenvalue weighted by Gasteiger charge is -2.13. The molecule has 4 heteroatoms. The zero-order valence-electron chi connectivity index (χ0n) is 12.7. The molecule has 0 aliphatic rings. The molecular weight excluding hydrogens is 260 g/mol. The van der Waals surface area contributed by atoms with Crippen molar-refractivity contribution in [3.63, 3.8) is 0 Å². The van der Waals surface area contributed by atoms with Crippen LogP contribution in [0.1, 0.15) is 19.4 Å². The highest BCUT2D eigenvalue weighted by atomic mass is 15.1. The number of nitrogens with one attached hydrogen (secondary N) is 1. The number of rotatable bonds is 6. The third kappa shape index (κ3) is 3.16. The van der Waals surface area contributed by atoms with Crippen molar-refractivity contribution in [1.29, 1.82) is 0 Å². The SMILES string of the molecule is CC(C)NCc1cccc2ccn(CCn3ccnc3)c12. The molecule has 1 N–H and O–H groups in total. The standard InChI is InChI=1S/C17H22N4/c1-14(2)19-12-16-5-3-4-15-6-8-21(17(15)16)11-10-20-9-7-18-13-20/h3-9,13-14,19H,10-12H2,1-2H3. The molecule has 0 saturated carbocycles. The van der Waals surface area contributed by atoms with Crippen LogP contribution in [0.15, 0.2) is 49.2 Å². The van der Waals surface area contributed by atoms with Gasteiger partial charge in [-0.15, -0.1) is 0 Å². The Balaban J connectivity index is 1.84. The molecule has 21 heavy (non-hydrogen) atoms. The van der Waals surface area contributed by atoms with Crippen molar-refractivity contribution in [2.75, 3.05) is 0 Å². The maximum absolute atomic E-state index is 4.09. The summed E-state index contributed by atoms with van der Waals surface area (Å²) in [6.45, 7) is 7.16. The number of hydrogen-bond donors (Lipinski definition) is 1. The summed E-state index contributed by atoms with van der Waals surface area (Å²) < 4.78 is 4.45. The molecule has 0 bridgehead atoms. The Morgan fingerprint density at radius 2 is 2.05 bits per heavy atom. The summed E-state index contributed by atoms with van der Waals surface area (Å²) in [5.74, 6) is 0. The first-order chi connectivity index (χ1) is 10.2. The van der Waals surface area contributed by atoms with Gasteiger partial charge in [-0.25, -0.2) is 4.98 Å². The average Bonchev–Trinajstić information content (AvgIpc) is 3.12. The molecular formula is C17H22N4. The van der Waals surface area contributed by atoms with Crippen molar-refractivity contribution in [3.05, 3.63) is 54.7 Å². The van der Waals surface area contributed by atoms with Gasteiger partial charge in [0.25, 0.3) is 0 Å². The number of para-hydroxylation sites is 1. The summed E-state index contributed by atoms with van der Waals surface area (Å²) in [6.07, 6.45) is 7.88. The van der Waals surface area contributed by atoms with Crippen LogP contribution in [-0.4, -0.2) is 20.2 Å². The third-order valence-corrected chi connectivity index (χ3v) is 3.73.